The van der Waals surface area contributed by atoms with Crippen LogP contribution in [0.4, 0.5) is 0 Å². The van der Waals surface area contributed by atoms with Crippen molar-refractivity contribution in [3.63, 3.8) is 0 Å². The van der Waals surface area contributed by atoms with Crippen LogP contribution in [0.25, 0.3) is 11.0 Å². The Morgan fingerprint density at radius 1 is 1.33 bits per heavy atom. The molecule has 1 saturated heterocycles. The van der Waals surface area contributed by atoms with Crippen molar-refractivity contribution in [2.24, 2.45) is 0 Å². The van der Waals surface area contributed by atoms with Gasteiger partial charge < -0.3 is 9.32 Å². The van der Waals surface area contributed by atoms with Crippen molar-refractivity contribution in [1.29, 1.82) is 0 Å². The number of likely N-dealkylation sites (tertiary alicyclic amines) is 1. The van der Waals surface area contributed by atoms with Crippen LogP contribution in [-0.4, -0.2) is 25.0 Å². The van der Waals surface area contributed by atoms with Crippen LogP contribution < -0.4 is 0 Å². The monoisotopic (exact) mass is 201 g/mol. The second-order valence-corrected chi connectivity index (χ2v) is 4.44. The van der Waals surface area contributed by atoms with Gasteiger partial charge in [-0.05, 0) is 26.1 Å². The summed E-state index contributed by atoms with van der Waals surface area (Å²) in [5, 5.41) is 1.29. The molecule has 1 aliphatic heterocycles. The SMILES string of the molecule is CN1CC[C@@H](c2coc3ccccc23)C1. The van der Waals surface area contributed by atoms with E-state index >= 15 is 0 Å². The first kappa shape index (κ1) is 8.98. The highest BCUT2D eigenvalue weighted by molar-refractivity contribution is 5.81. The van der Waals surface area contributed by atoms with Crippen LogP contribution in [0.1, 0.15) is 17.9 Å². The third-order valence-corrected chi connectivity index (χ3v) is 3.34. The fraction of sp³-hybridized carbons (Fsp3) is 0.385. The van der Waals surface area contributed by atoms with Crippen molar-refractivity contribution in [1.82, 2.24) is 4.90 Å². The van der Waals surface area contributed by atoms with Crippen LogP contribution in [-0.2, 0) is 0 Å². The Morgan fingerprint density at radius 2 is 2.20 bits per heavy atom. The third kappa shape index (κ3) is 1.45. The maximum atomic E-state index is 5.58. The summed E-state index contributed by atoms with van der Waals surface area (Å²) < 4.78 is 5.58. The van der Waals surface area contributed by atoms with E-state index in [2.05, 4.69) is 24.1 Å². The van der Waals surface area contributed by atoms with Crippen LogP contribution >= 0.6 is 0 Å². The van der Waals surface area contributed by atoms with Gasteiger partial charge >= 0.3 is 0 Å². The van der Waals surface area contributed by atoms with Crippen molar-refractivity contribution < 1.29 is 4.42 Å². The van der Waals surface area contributed by atoms with Crippen LogP contribution in [0.15, 0.2) is 34.9 Å². The molecule has 1 atom stereocenters. The normalized spacial score (nSPS) is 22.6. The zero-order valence-electron chi connectivity index (χ0n) is 8.94. The van der Waals surface area contributed by atoms with Crippen molar-refractivity contribution in [3.8, 4) is 0 Å². The van der Waals surface area contributed by atoms with Gasteiger partial charge in [-0.1, -0.05) is 18.2 Å². The predicted octanol–water partition coefficient (Wildman–Crippen LogP) is 2.85. The minimum absolute atomic E-state index is 0.652. The lowest BCUT2D eigenvalue weighted by Crippen LogP contribution is -2.13. The van der Waals surface area contributed by atoms with Crippen LogP contribution in [0.5, 0.6) is 0 Å². The summed E-state index contributed by atoms with van der Waals surface area (Å²) in [5.74, 6) is 0.652. The van der Waals surface area contributed by atoms with Gasteiger partial charge in [-0.3, -0.25) is 0 Å². The molecular formula is C13H15NO. The Labute approximate surface area is 89.5 Å². The van der Waals surface area contributed by atoms with Crippen molar-refractivity contribution in [3.05, 3.63) is 36.1 Å². The number of benzene rings is 1. The molecule has 1 aliphatic rings. The van der Waals surface area contributed by atoms with Gasteiger partial charge in [0.15, 0.2) is 0 Å². The lowest BCUT2D eigenvalue weighted by atomic mass is 9.98. The van der Waals surface area contributed by atoms with E-state index < -0.39 is 0 Å². The lowest BCUT2D eigenvalue weighted by molar-refractivity contribution is 0.411. The molecule has 0 saturated carbocycles. The highest BCUT2D eigenvalue weighted by atomic mass is 16.3. The Kier molecular flexibility index (Phi) is 2.03. The van der Waals surface area contributed by atoms with Crippen molar-refractivity contribution in [2.75, 3.05) is 20.1 Å². The van der Waals surface area contributed by atoms with E-state index in [-0.39, 0.29) is 0 Å². The molecule has 0 bridgehead atoms. The highest BCUT2D eigenvalue weighted by Crippen LogP contribution is 2.32. The van der Waals surface area contributed by atoms with E-state index in [1.165, 1.54) is 23.9 Å². The Bertz CT molecular complexity index is 474. The molecule has 78 valence electrons. The molecule has 2 heteroatoms. The molecule has 1 aromatic heterocycles. The smallest absolute Gasteiger partial charge is 0.134 e. The zero-order chi connectivity index (χ0) is 10.3. The van der Waals surface area contributed by atoms with Gasteiger partial charge in [0, 0.05) is 23.4 Å². The second-order valence-electron chi connectivity index (χ2n) is 4.44. The Balaban J connectivity index is 2.04. The number of fused-ring (bicyclic) bond motifs is 1. The highest BCUT2D eigenvalue weighted by Gasteiger charge is 2.23. The largest absolute Gasteiger partial charge is 0.464 e. The van der Waals surface area contributed by atoms with Gasteiger partial charge in [-0.15, -0.1) is 0 Å². The second kappa shape index (κ2) is 3.38. The van der Waals surface area contributed by atoms with Crippen LogP contribution in [0.3, 0.4) is 0 Å². The number of nitrogens with zero attached hydrogens (tertiary/aromatic N) is 1. The minimum Gasteiger partial charge on any atom is -0.464 e. The molecule has 3 rings (SSSR count). The maximum absolute atomic E-state index is 5.58. The first-order valence-electron chi connectivity index (χ1n) is 5.49. The maximum Gasteiger partial charge on any atom is 0.134 e. The summed E-state index contributed by atoms with van der Waals surface area (Å²) in [4.78, 5) is 2.38. The van der Waals surface area contributed by atoms with E-state index in [9.17, 15) is 0 Å². The molecule has 0 spiro atoms. The van der Waals surface area contributed by atoms with Crippen molar-refractivity contribution in [2.45, 2.75) is 12.3 Å². The topological polar surface area (TPSA) is 16.4 Å². The minimum atomic E-state index is 0.652. The number of para-hydroxylation sites is 1. The fourth-order valence-corrected chi connectivity index (χ4v) is 2.50. The van der Waals surface area contributed by atoms with Crippen LogP contribution in [0.2, 0.25) is 0 Å². The van der Waals surface area contributed by atoms with E-state index in [1.807, 2.05) is 18.4 Å². The Hall–Kier alpha value is -1.28. The fourth-order valence-electron chi connectivity index (χ4n) is 2.50. The number of likely N-dealkylation sites (N-methyl/N-ethyl adjacent to an activating group) is 1. The summed E-state index contributed by atoms with van der Waals surface area (Å²) in [6, 6.07) is 8.31. The number of furan rings is 1. The van der Waals surface area contributed by atoms with Gasteiger partial charge in [0.2, 0.25) is 0 Å². The summed E-state index contributed by atoms with van der Waals surface area (Å²) >= 11 is 0. The predicted molar refractivity (Wildman–Crippen MR) is 61.1 cm³/mol. The molecule has 0 radical (unpaired) electrons. The number of hydrogen-bond acceptors (Lipinski definition) is 2. The lowest BCUT2D eigenvalue weighted by Gasteiger charge is -2.08. The molecule has 0 amide bonds. The molecule has 2 heterocycles. The Morgan fingerprint density at radius 3 is 3.00 bits per heavy atom. The average molecular weight is 201 g/mol. The molecule has 2 nitrogen and oxygen atoms in total. The number of rotatable bonds is 1. The molecule has 15 heavy (non-hydrogen) atoms. The van der Waals surface area contributed by atoms with E-state index in [4.69, 9.17) is 4.42 Å². The molecule has 0 aliphatic carbocycles. The molecule has 1 aromatic carbocycles. The summed E-state index contributed by atoms with van der Waals surface area (Å²) in [5.41, 5.74) is 2.40. The quantitative estimate of drug-likeness (QED) is 0.705. The molecule has 2 aromatic rings. The van der Waals surface area contributed by atoms with Gasteiger partial charge in [0.1, 0.15) is 5.58 Å². The molecular weight excluding hydrogens is 186 g/mol. The first-order chi connectivity index (χ1) is 7.34. The zero-order valence-corrected chi connectivity index (χ0v) is 8.94. The van der Waals surface area contributed by atoms with Crippen molar-refractivity contribution >= 4 is 11.0 Å². The molecule has 1 fully saturated rings. The standard InChI is InChI=1S/C13H15NO/c1-14-7-6-10(8-14)12-9-15-13-5-3-2-4-11(12)13/h2-5,9-10H,6-8H2,1H3/t10-/m1/s1. The third-order valence-electron chi connectivity index (χ3n) is 3.34. The van der Waals surface area contributed by atoms with Gasteiger partial charge in [-0.2, -0.15) is 0 Å². The number of hydrogen-bond donors (Lipinski definition) is 0. The van der Waals surface area contributed by atoms with E-state index in [0.717, 1.165) is 12.1 Å². The van der Waals surface area contributed by atoms with E-state index in [1.54, 1.807) is 0 Å². The first-order valence-corrected chi connectivity index (χ1v) is 5.49. The van der Waals surface area contributed by atoms with Gasteiger partial charge in [0.05, 0.1) is 6.26 Å². The summed E-state index contributed by atoms with van der Waals surface area (Å²) in [7, 11) is 2.18. The van der Waals surface area contributed by atoms with Crippen LogP contribution in [0, 0.1) is 0 Å². The van der Waals surface area contributed by atoms with E-state index in [0.29, 0.717) is 5.92 Å². The molecule has 0 unspecified atom stereocenters. The average Bonchev–Trinajstić information content (AvgIpc) is 2.83. The molecule has 0 N–H and O–H groups in total. The van der Waals surface area contributed by atoms with Gasteiger partial charge in [-0.25, -0.2) is 0 Å². The summed E-state index contributed by atoms with van der Waals surface area (Å²) in [6.07, 6.45) is 3.19. The van der Waals surface area contributed by atoms with Gasteiger partial charge in [0.25, 0.3) is 0 Å². The summed E-state index contributed by atoms with van der Waals surface area (Å²) in [6.45, 7) is 2.35.